The third-order valence-corrected chi connectivity index (χ3v) is 5.58. The van der Waals surface area contributed by atoms with Crippen LogP contribution >= 0.6 is 0 Å². The second kappa shape index (κ2) is 9.54. The van der Waals surface area contributed by atoms with E-state index in [9.17, 15) is 4.79 Å². The van der Waals surface area contributed by atoms with E-state index >= 15 is 0 Å². The highest BCUT2D eigenvalue weighted by Crippen LogP contribution is 2.19. The maximum Gasteiger partial charge on any atom is 0.224 e. The molecule has 0 saturated carbocycles. The minimum absolute atomic E-state index is 0.184. The summed E-state index contributed by atoms with van der Waals surface area (Å²) in [5.74, 6) is 2.92. The normalized spacial score (nSPS) is 17.3. The lowest BCUT2D eigenvalue weighted by Gasteiger charge is -2.35. The predicted octanol–water partition coefficient (Wildman–Crippen LogP) is 2.01. The van der Waals surface area contributed by atoms with Crippen molar-refractivity contribution in [2.45, 2.75) is 25.7 Å². The van der Waals surface area contributed by atoms with Crippen LogP contribution in [0.15, 0.2) is 36.8 Å². The topological polar surface area (TPSA) is 77.5 Å². The first-order chi connectivity index (χ1) is 14.3. The lowest BCUT2D eigenvalue weighted by molar-refractivity contribution is -0.131. The molecule has 0 aromatic carbocycles. The van der Waals surface area contributed by atoms with E-state index in [1.165, 1.54) is 19.3 Å². The lowest BCUT2D eigenvalue weighted by Crippen LogP contribution is -2.49. The molecule has 8 heteroatoms. The molecule has 2 aromatic heterocycles. The van der Waals surface area contributed by atoms with Gasteiger partial charge in [-0.2, -0.15) is 0 Å². The summed E-state index contributed by atoms with van der Waals surface area (Å²) < 4.78 is 0. The zero-order valence-corrected chi connectivity index (χ0v) is 16.8. The fourth-order valence-electron chi connectivity index (χ4n) is 3.92. The number of piperidine rings is 1. The van der Waals surface area contributed by atoms with Crippen molar-refractivity contribution in [1.82, 2.24) is 19.9 Å². The standard InChI is InChI=1S/C21H29N7O/c29-21(28-14-12-27(13-15-28)19-6-2-3-8-23-19)7-9-22-18-16-20(25-17-24-18)26-10-4-1-5-11-26/h2-3,6,8,16-17H,1,4-5,7,9-15H2,(H,22,24,25). The number of pyridine rings is 1. The molecule has 4 rings (SSSR count). The maximum absolute atomic E-state index is 12.6. The van der Waals surface area contributed by atoms with Gasteiger partial charge in [0, 0.05) is 64.5 Å². The zero-order valence-electron chi connectivity index (χ0n) is 16.8. The predicted molar refractivity (Wildman–Crippen MR) is 114 cm³/mol. The van der Waals surface area contributed by atoms with Crippen molar-refractivity contribution in [1.29, 1.82) is 0 Å². The van der Waals surface area contributed by atoms with E-state index in [0.29, 0.717) is 13.0 Å². The third kappa shape index (κ3) is 5.13. The Bertz CT molecular complexity index is 787. The van der Waals surface area contributed by atoms with Crippen molar-refractivity contribution in [3.63, 3.8) is 0 Å². The second-order valence-corrected chi connectivity index (χ2v) is 7.54. The van der Waals surface area contributed by atoms with Crippen molar-refractivity contribution in [3.8, 4) is 0 Å². The highest BCUT2D eigenvalue weighted by molar-refractivity contribution is 5.77. The van der Waals surface area contributed by atoms with Gasteiger partial charge in [0.1, 0.15) is 23.8 Å². The molecule has 8 nitrogen and oxygen atoms in total. The average molecular weight is 396 g/mol. The monoisotopic (exact) mass is 395 g/mol. The van der Waals surface area contributed by atoms with Crippen LogP contribution in [0, 0.1) is 0 Å². The second-order valence-electron chi connectivity index (χ2n) is 7.54. The minimum Gasteiger partial charge on any atom is -0.369 e. The van der Waals surface area contributed by atoms with Crippen LogP contribution in [0.4, 0.5) is 17.5 Å². The summed E-state index contributed by atoms with van der Waals surface area (Å²) in [6.07, 6.45) is 7.61. The van der Waals surface area contributed by atoms with Crippen LogP contribution in [0.2, 0.25) is 0 Å². The number of anilines is 3. The van der Waals surface area contributed by atoms with Crippen LogP contribution in [0.25, 0.3) is 0 Å². The Hall–Kier alpha value is -2.90. The molecule has 0 spiro atoms. The highest BCUT2D eigenvalue weighted by atomic mass is 16.2. The molecule has 1 amide bonds. The van der Waals surface area contributed by atoms with E-state index in [2.05, 4.69) is 30.1 Å². The molecule has 154 valence electrons. The summed E-state index contributed by atoms with van der Waals surface area (Å²) in [6.45, 7) is 5.81. The molecule has 2 aromatic rings. The van der Waals surface area contributed by atoms with E-state index in [1.54, 1.807) is 6.33 Å². The smallest absolute Gasteiger partial charge is 0.224 e. The Labute approximate surface area is 172 Å². The Morgan fingerprint density at radius 1 is 0.897 bits per heavy atom. The van der Waals surface area contributed by atoms with Gasteiger partial charge in [-0.3, -0.25) is 4.79 Å². The van der Waals surface area contributed by atoms with Crippen molar-refractivity contribution < 1.29 is 4.79 Å². The lowest BCUT2D eigenvalue weighted by atomic mass is 10.1. The summed E-state index contributed by atoms with van der Waals surface area (Å²) in [6, 6.07) is 7.92. The molecule has 29 heavy (non-hydrogen) atoms. The van der Waals surface area contributed by atoms with Gasteiger partial charge in [-0.05, 0) is 31.4 Å². The van der Waals surface area contributed by atoms with E-state index in [0.717, 1.165) is 56.7 Å². The van der Waals surface area contributed by atoms with Crippen molar-refractivity contribution in [3.05, 3.63) is 36.8 Å². The van der Waals surface area contributed by atoms with Crippen LogP contribution < -0.4 is 15.1 Å². The number of aromatic nitrogens is 3. The average Bonchev–Trinajstić information content (AvgIpc) is 2.80. The molecule has 0 unspecified atom stereocenters. The maximum atomic E-state index is 12.6. The van der Waals surface area contributed by atoms with Crippen molar-refractivity contribution in [2.75, 3.05) is 60.9 Å². The van der Waals surface area contributed by atoms with Crippen LogP contribution in [0.5, 0.6) is 0 Å². The summed E-state index contributed by atoms with van der Waals surface area (Å²) >= 11 is 0. The van der Waals surface area contributed by atoms with Crippen molar-refractivity contribution in [2.24, 2.45) is 0 Å². The molecule has 2 aliphatic heterocycles. The number of carbonyl (C=O) groups excluding carboxylic acids is 1. The molecule has 2 fully saturated rings. The van der Waals surface area contributed by atoms with Gasteiger partial charge in [0.15, 0.2) is 0 Å². The number of amides is 1. The molecule has 0 atom stereocenters. The number of hydrogen-bond acceptors (Lipinski definition) is 7. The van der Waals surface area contributed by atoms with Crippen LogP contribution in [-0.4, -0.2) is 71.6 Å². The zero-order chi connectivity index (χ0) is 19.9. The van der Waals surface area contributed by atoms with Gasteiger partial charge in [-0.15, -0.1) is 0 Å². The fourth-order valence-corrected chi connectivity index (χ4v) is 3.92. The molecule has 0 bridgehead atoms. The number of carbonyl (C=O) groups is 1. The summed E-state index contributed by atoms with van der Waals surface area (Å²) in [5, 5.41) is 3.28. The molecule has 0 radical (unpaired) electrons. The van der Waals surface area contributed by atoms with Crippen LogP contribution in [-0.2, 0) is 4.79 Å². The highest BCUT2D eigenvalue weighted by Gasteiger charge is 2.21. The number of piperazine rings is 1. The van der Waals surface area contributed by atoms with Crippen LogP contribution in [0.1, 0.15) is 25.7 Å². The minimum atomic E-state index is 0.184. The molecule has 2 aliphatic rings. The summed E-state index contributed by atoms with van der Waals surface area (Å²) in [7, 11) is 0. The number of hydrogen-bond donors (Lipinski definition) is 1. The van der Waals surface area contributed by atoms with E-state index in [1.807, 2.05) is 35.4 Å². The van der Waals surface area contributed by atoms with Gasteiger partial charge in [0.25, 0.3) is 0 Å². The van der Waals surface area contributed by atoms with Crippen LogP contribution in [0.3, 0.4) is 0 Å². The molecular formula is C21H29N7O. The number of nitrogens with zero attached hydrogens (tertiary/aromatic N) is 6. The first-order valence-electron chi connectivity index (χ1n) is 10.5. The van der Waals surface area contributed by atoms with Gasteiger partial charge >= 0.3 is 0 Å². The molecule has 2 saturated heterocycles. The Balaban J connectivity index is 1.21. The van der Waals surface area contributed by atoms with E-state index in [4.69, 9.17) is 0 Å². The summed E-state index contributed by atoms with van der Waals surface area (Å²) in [4.78, 5) is 32.1. The van der Waals surface area contributed by atoms with Gasteiger partial charge in [0.2, 0.25) is 5.91 Å². The van der Waals surface area contributed by atoms with E-state index < -0.39 is 0 Å². The number of nitrogens with one attached hydrogen (secondary N) is 1. The first kappa shape index (κ1) is 19.4. The van der Waals surface area contributed by atoms with Gasteiger partial charge < -0.3 is 20.0 Å². The van der Waals surface area contributed by atoms with Gasteiger partial charge in [0.05, 0.1) is 0 Å². The Morgan fingerprint density at radius 2 is 1.69 bits per heavy atom. The SMILES string of the molecule is O=C(CCNc1cc(N2CCCCC2)ncn1)N1CCN(c2ccccn2)CC1. The largest absolute Gasteiger partial charge is 0.369 e. The van der Waals surface area contributed by atoms with Gasteiger partial charge in [-0.25, -0.2) is 15.0 Å². The molecule has 0 aliphatic carbocycles. The fraction of sp³-hybridized carbons (Fsp3) is 0.524. The van der Waals surface area contributed by atoms with E-state index in [-0.39, 0.29) is 5.91 Å². The third-order valence-electron chi connectivity index (χ3n) is 5.58. The molecule has 1 N–H and O–H groups in total. The molecular weight excluding hydrogens is 366 g/mol. The Morgan fingerprint density at radius 3 is 2.45 bits per heavy atom. The first-order valence-corrected chi connectivity index (χ1v) is 10.5. The number of rotatable bonds is 6. The quantitative estimate of drug-likeness (QED) is 0.802. The summed E-state index contributed by atoms with van der Waals surface area (Å²) in [5.41, 5.74) is 0. The van der Waals surface area contributed by atoms with Crippen molar-refractivity contribution >= 4 is 23.4 Å². The Kier molecular flexibility index (Phi) is 6.38. The molecule has 4 heterocycles. The van der Waals surface area contributed by atoms with Gasteiger partial charge in [-0.1, -0.05) is 6.07 Å².